The first-order valence-electron chi connectivity index (χ1n) is 8.60. The van der Waals surface area contributed by atoms with E-state index in [1.165, 1.54) is 0 Å². The van der Waals surface area contributed by atoms with Gasteiger partial charge in [0.1, 0.15) is 11.4 Å². The first-order chi connectivity index (χ1) is 11.2. The Morgan fingerprint density at radius 1 is 1.17 bits per heavy atom. The van der Waals surface area contributed by atoms with Gasteiger partial charge in [-0.25, -0.2) is 4.79 Å². The van der Waals surface area contributed by atoms with Gasteiger partial charge < -0.3 is 19.5 Å². The van der Waals surface area contributed by atoms with Crippen molar-refractivity contribution in [2.24, 2.45) is 0 Å². The summed E-state index contributed by atoms with van der Waals surface area (Å²) in [5.74, 6) is 0.775. The van der Waals surface area contributed by atoms with E-state index in [2.05, 4.69) is 0 Å². The lowest BCUT2D eigenvalue weighted by Gasteiger charge is -2.44. The molecule has 5 heteroatoms. The van der Waals surface area contributed by atoms with Gasteiger partial charge in [0.15, 0.2) is 0 Å². The summed E-state index contributed by atoms with van der Waals surface area (Å²) in [6.07, 6.45) is 2.68. The van der Waals surface area contributed by atoms with Crippen molar-refractivity contribution in [3.63, 3.8) is 0 Å². The quantitative estimate of drug-likeness (QED) is 0.900. The maximum absolute atomic E-state index is 12.5. The van der Waals surface area contributed by atoms with Crippen LogP contribution in [-0.2, 0) is 10.3 Å². The summed E-state index contributed by atoms with van der Waals surface area (Å²) in [5, 5.41) is 11.2. The van der Waals surface area contributed by atoms with E-state index in [0.717, 1.165) is 24.2 Å². The Kier molecular flexibility index (Phi) is 4.24. The van der Waals surface area contributed by atoms with Gasteiger partial charge in [-0.2, -0.15) is 0 Å². The molecule has 3 rings (SSSR count). The molecule has 24 heavy (non-hydrogen) atoms. The first-order valence-corrected chi connectivity index (χ1v) is 8.60. The number of methoxy groups -OCH3 is 1. The van der Waals surface area contributed by atoms with Gasteiger partial charge >= 0.3 is 6.09 Å². The third kappa shape index (κ3) is 3.22. The van der Waals surface area contributed by atoms with E-state index in [1.54, 1.807) is 7.11 Å². The van der Waals surface area contributed by atoms with E-state index < -0.39 is 11.2 Å². The second-order valence-electron chi connectivity index (χ2n) is 7.94. The van der Waals surface area contributed by atoms with Crippen molar-refractivity contribution >= 4 is 6.09 Å². The first kappa shape index (κ1) is 17.1. The third-order valence-corrected chi connectivity index (χ3v) is 5.00. The van der Waals surface area contributed by atoms with E-state index in [9.17, 15) is 9.90 Å². The van der Waals surface area contributed by atoms with Gasteiger partial charge in [0.25, 0.3) is 0 Å². The molecule has 2 aliphatic heterocycles. The van der Waals surface area contributed by atoms with Crippen LogP contribution in [0.4, 0.5) is 4.79 Å². The third-order valence-electron chi connectivity index (χ3n) is 5.00. The fourth-order valence-electron chi connectivity index (χ4n) is 3.97. The molecule has 2 saturated heterocycles. The Morgan fingerprint density at radius 3 is 2.17 bits per heavy atom. The summed E-state index contributed by atoms with van der Waals surface area (Å²) in [7, 11) is 1.63. The van der Waals surface area contributed by atoms with E-state index >= 15 is 0 Å². The Balaban J connectivity index is 1.77. The van der Waals surface area contributed by atoms with Crippen LogP contribution in [0.25, 0.3) is 0 Å². The summed E-state index contributed by atoms with van der Waals surface area (Å²) in [5.41, 5.74) is -0.499. The Hall–Kier alpha value is -1.75. The highest BCUT2D eigenvalue weighted by Gasteiger charge is 2.51. The molecule has 2 unspecified atom stereocenters. The molecule has 0 aromatic heterocycles. The van der Waals surface area contributed by atoms with E-state index in [4.69, 9.17) is 9.47 Å². The summed E-state index contributed by atoms with van der Waals surface area (Å²) < 4.78 is 10.7. The molecule has 0 saturated carbocycles. The predicted molar refractivity (Wildman–Crippen MR) is 91.0 cm³/mol. The zero-order valence-corrected chi connectivity index (χ0v) is 14.9. The number of nitrogens with zero attached hydrogens (tertiary/aromatic N) is 1. The number of benzene rings is 1. The van der Waals surface area contributed by atoms with Crippen LogP contribution in [0.5, 0.6) is 5.75 Å². The number of hydrogen-bond donors (Lipinski definition) is 1. The molecule has 2 atom stereocenters. The molecule has 1 aromatic rings. The second kappa shape index (κ2) is 5.96. The molecular formula is C19H27NO4. The zero-order chi connectivity index (χ0) is 17.5. The van der Waals surface area contributed by atoms with Crippen LogP contribution in [-0.4, -0.2) is 40.9 Å². The molecule has 5 nitrogen and oxygen atoms in total. The highest BCUT2D eigenvalue weighted by molar-refractivity contribution is 5.69. The summed E-state index contributed by atoms with van der Waals surface area (Å²) in [4.78, 5) is 14.4. The average molecular weight is 333 g/mol. The number of carbonyl (C=O) groups excluding carboxylic acids is 1. The molecule has 2 aliphatic rings. The van der Waals surface area contributed by atoms with Crippen molar-refractivity contribution < 1.29 is 19.4 Å². The van der Waals surface area contributed by atoms with Crippen LogP contribution in [0.15, 0.2) is 24.3 Å². The molecule has 2 fully saturated rings. The Labute approximate surface area is 143 Å². The molecule has 0 spiro atoms. The number of rotatable bonds is 2. The predicted octanol–water partition coefficient (Wildman–Crippen LogP) is 3.44. The fraction of sp³-hybridized carbons (Fsp3) is 0.632. The minimum Gasteiger partial charge on any atom is -0.497 e. The number of aliphatic hydroxyl groups is 1. The van der Waals surface area contributed by atoms with Crippen molar-refractivity contribution in [3.8, 4) is 5.75 Å². The summed E-state index contributed by atoms with van der Waals surface area (Å²) >= 11 is 0. The van der Waals surface area contributed by atoms with Gasteiger partial charge in [0.2, 0.25) is 0 Å². The number of amides is 1. The van der Waals surface area contributed by atoms with Crippen LogP contribution < -0.4 is 4.74 Å². The maximum atomic E-state index is 12.5. The normalized spacial score (nSPS) is 29.5. The smallest absolute Gasteiger partial charge is 0.410 e. The second-order valence-corrected chi connectivity index (χ2v) is 7.94. The SMILES string of the molecule is COc1ccc(C2(O)CC3CCC(C2)N3C(=O)OC(C)(C)C)cc1. The lowest BCUT2D eigenvalue weighted by atomic mass is 9.80. The van der Waals surface area contributed by atoms with Gasteiger partial charge in [0.05, 0.1) is 12.7 Å². The molecule has 2 bridgehead atoms. The molecule has 132 valence electrons. The number of hydrogen-bond acceptors (Lipinski definition) is 4. The van der Waals surface area contributed by atoms with Crippen LogP contribution in [0.2, 0.25) is 0 Å². The maximum Gasteiger partial charge on any atom is 0.410 e. The van der Waals surface area contributed by atoms with Crippen molar-refractivity contribution in [2.75, 3.05) is 7.11 Å². The standard InChI is InChI=1S/C19H27NO4/c1-18(2,3)24-17(21)20-14-7-8-15(20)12-19(22,11-14)13-5-9-16(23-4)10-6-13/h5-6,9-10,14-15,22H,7-8,11-12H2,1-4H3. The number of ether oxygens (including phenoxy) is 2. The summed E-state index contributed by atoms with van der Waals surface area (Å²) in [6, 6.07) is 7.64. The van der Waals surface area contributed by atoms with Gasteiger partial charge in [-0.05, 0) is 51.3 Å². The van der Waals surface area contributed by atoms with Crippen molar-refractivity contribution in [1.82, 2.24) is 4.90 Å². The average Bonchev–Trinajstić information content (AvgIpc) is 2.79. The highest BCUT2D eigenvalue weighted by atomic mass is 16.6. The molecule has 0 aliphatic carbocycles. The zero-order valence-electron chi connectivity index (χ0n) is 14.9. The molecule has 1 amide bonds. The molecule has 1 aromatic carbocycles. The number of fused-ring (bicyclic) bond motifs is 2. The molecule has 1 N–H and O–H groups in total. The monoisotopic (exact) mass is 333 g/mol. The summed E-state index contributed by atoms with van der Waals surface area (Å²) in [6.45, 7) is 5.64. The molecule has 0 radical (unpaired) electrons. The van der Waals surface area contributed by atoms with Crippen LogP contribution >= 0.6 is 0 Å². The van der Waals surface area contributed by atoms with Crippen LogP contribution in [0, 0.1) is 0 Å². The van der Waals surface area contributed by atoms with Crippen molar-refractivity contribution in [3.05, 3.63) is 29.8 Å². The Morgan fingerprint density at radius 2 is 1.71 bits per heavy atom. The van der Waals surface area contributed by atoms with Gasteiger partial charge in [-0.1, -0.05) is 12.1 Å². The van der Waals surface area contributed by atoms with Crippen LogP contribution in [0.3, 0.4) is 0 Å². The highest BCUT2D eigenvalue weighted by Crippen LogP contribution is 2.46. The lowest BCUT2D eigenvalue weighted by molar-refractivity contribution is -0.0624. The van der Waals surface area contributed by atoms with Gasteiger partial charge in [-0.3, -0.25) is 0 Å². The van der Waals surface area contributed by atoms with Crippen molar-refractivity contribution in [2.45, 2.75) is 69.7 Å². The van der Waals surface area contributed by atoms with Gasteiger partial charge in [0, 0.05) is 24.9 Å². The lowest BCUT2D eigenvalue weighted by Crippen LogP contribution is -2.53. The topological polar surface area (TPSA) is 59.0 Å². The van der Waals surface area contributed by atoms with Crippen molar-refractivity contribution in [1.29, 1.82) is 0 Å². The van der Waals surface area contributed by atoms with Gasteiger partial charge in [-0.15, -0.1) is 0 Å². The largest absolute Gasteiger partial charge is 0.497 e. The van der Waals surface area contributed by atoms with E-state index in [0.29, 0.717) is 12.8 Å². The van der Waals surface area contributed by atoms with E-state index in [-0.39, 0.29) is 18.2 Å². The molecule has 2 heterocycles. The number of carbonyl (C=O) groups is 1. The minimum absolute atomic E-state index is 0.0331. The van der Waals surface area contributed by atoms with Crippen LogP contribution in [0.1, 0.15) is 52.0 Å². The minimum atomic E-state index is -0.892. The fourth-order valence-corrected chi connectivity index (χ4v) is 3.97. The van der Waals surface area contributed by atoms with E-state index in [1.807, 2.05) is 49.9 Å². The Bertz CT molecular complexity index is 591. The molecular weight excluding hydrogens is 306 g/mol. The number of piperidine rings is 1.